The first-order chi connectivity index (χ1) is 5.79. The molecule has 0 aromatic carbocycles. The lowest BCUT2D eigenvalue weighted by Gasteiger charge is -2.14. The molecule has 0 atom stereocenters. The van der Waals surface area contributed by atoms with Gasteiger partial charge in [0, 0.05) is 6.42 Å². The third-order valence-corrected chi connectivity index (χ3v) is 1.35. The fourth-order valence-corrected chi connectivity index (χ4v) is 0.439. The molecule has 0 bridgehead atoms. The average molecular weight is 186 g/mol. The van der Waals surface area contributed by atoms with Crippen LogP contribution < -0.4 is 0 Å². The number of Topliss-reactive ketones (excluding diaryl/α,β-unsaturated/α-hetero) is 1. The van der Waals surface area contributed by atoms with Crippen LogP contribution in [0.3, 0.4) is 0 Å². The van der Waals surface area contributed by atoms with Gasteiger partial charge >= 0.3 is 11.9 Å². The molecule has 0 aromatic heterocycles. The summed E-state index contributed by atoms with van der Waals surface area (Å²) >= 11 is 0. The Hall–Kier alpha value is -1.19. The molecular formula is C9H14O4. The van der Waals surface area contributed by atoms with E-state index in [1.807, 2.05) is 0 Å². The van der Waals surface area contributed by atoms with E-state index >= 15 is 0 Å². The molecule has 13 heavy (non-hydrogen) atoms. The van der Waals surface area contributed by atoms with E-state index in [4.69, 9.17) is 0 Å². The largest absolute Gasteiger partial charge is 0.387 e. The molecule has 4 heteroatoms. The molecule has 4 nitrogen and oxygen atoms in total. The van der Waals surface area contributed by atoms with E-state index in [9.17, 15) is 14.4 Å². The van der Waals surface area contributed by atoms with Crippen molar-refractivity contribution < 1.29 is 19.1 Å². The molecule has 0 fully saturated rings. The van der Waals surface area contributed by atoms with Gasteiger partial charge < -0.3 is 4.74 Å². The first-order valence-electron chi connectivity index (χ1n) is 4.08. The Labute approximate surface area is 77.3 Å². The van der Waals surface area contributed by atoms with Crippen molar-refractivity contribution in [3.05, 3.63) is 0 Å². The van der Waals surface area contributed by atoms with Gasteiger partial charge in [0.25, 0.3) is 0 Å². The van der Waals surface area contributed by atoms with Crippen LogP contribution in [0.25, 0.3) is 0 Å². The summed E-state index contributed by atoms with van der Waals surface area (Å²) < 4.78 is 4.34. The Morgan fingerprint density at radius 3 is 1.92 bits per heavy atom. The standard InChI is InChI=1S/C9H14O4/c1-5-6(10)7(11)13-8(12)9(2,3)4/h5H2,1-4H3. The lowest BCUT2D eigenvalue weighted by atomic mass is 9.97. The first-order valence-corrected chi connectivity index (χ1v) is 4.08. The second-order valence-corrected chi connectivity index (χ2v) is 3.70. The lowest BCUT2D eigenvalue weighted by Crippen LogP contribution is -2.29. The number of ketones is 1. The zero-order valence-electron chi connectivity index (χ0n) is 8.34. The number of rotatable bonds is 2. The summed E-state index contributed by atoms with van der Waals surface area (Å²) in [4.78, 5) is 32.7. The SMILES string of the molecule is CCC(=O)C(=O)OC(=O)C(C)(C)C. The highest BCUT2D eigenvalue weighted by atomic mass is 16.6. The van der Waals surface area contributed by atoms with Gasteiger partial charge in [-0.15, -0.1) is 0 Å². The fourth-order valence-electron chi connectivity index (χ4n) is 0.439. The molecule has 0 saturated carbocycles. The van der Waals surface area contributed by atoms with Crippen LogP contribution in [0.2, 0.25) is 0 Å². The number of hydrogen-bond acceptors (Lipinski definition) is 4. The van der Waals surface area contributed by atoms with E-state index in [0.717, 1.165) is 0 Å². The molecule has 0 heterocycles. The van der Waals surface area contributed by atoms with Crippen LogP contribution in [0.1, 0.15) is 34.1 Å². The molecule has 0 spiro atoms. The molecule has 0 aliphatic carbocycles. The van der Waals surface area contributed by atoms with Gasteiger partial charge in [-0.25, -0.2) is 4.79 Å². The molecule has 0 N–H and O–H groups in total. The van der Waals surface area contributed by atoms with Gasteiger partial charge in [-0.05, 0) is 20.8 Å². The molecule has 0 rings (SSSR count). The van der Waals surface area contributed by atoms with Crippen molar-refractivity contribution in [1.29, 1.82) is 0 Å². The highest BCUT2D eigenvalue weighted by Gasteiger charge is 2.27. The van der Waals surface area contributed by atoms with E-state index in [1.54, 1.807) is 20.8 Å². The van der Waals surface area contributed by atoms with Crippen LogP contribution in [-0.4, -0.2) is 17.7 Å². The smallest absolute Gasteiger partial charge is 0.382 e. The zero-order chi connectivity index (χ0) is 10.6. The minimum absolute atomic E-state index is 0.0518. The topological polar surface area (TPSA) is 60.4 Å². The van der Waals surface area contributed by atoms with Crippen LogP contribution in [-0.2, 0) is 19.1 Å². The van der Waals surface area contributed by atoms with Gasteiger partial charge in [-0.1, -0.05) is 6.92 Å². The van der Waals surface area contributed by atoms with Crippen molar-refractivity contribution in [3.8, 4) is 0 Å². The summed E-state index contributed by atoms with van der Waals surface area (Å²) in [5.74, 6) is -2.43. The average Bonchev–Trinajstić information content (AvgIpc) is 2.01. The van der Waals surface area contributed by atoms with Gasteiger partial charge in [0.2, 0.25) is 5.78 Å². The summed E-state index contributed by atoms with van der Waals surface area (Å²) in [5, 5.41) is 0. The molecule has 0 aliphatic rings. The molecular weight excluding hydrogens is 172 g/mol. The molecule has 0 amide bonds. The number of hydrogen-bond donors (Lipinski definition) is 0. The zero-order valence-corrected chi connectivity index (χ0v) is 8.34. The number of esters is 2. The molecule has 0 aliphatic heterocycles. The second kappa shape index (κ2) is 4.16. The van der Waals surface area contributed by atoms with Gasteiger partial charge in [-0.2, -0.15) is 0 Å². The van der Waals surface area contributed by atoms with Gasteiger partial charge in [0.15, 0.2) is 0 Å². The normalized spacial score (nSPS) is 10.8. The fraction of sp³-hybridized carbons (Fsp3) is 0.667. The molecule has 0 aromatic rings. The Balaban J connectivity index is 4.24. The molecule has 74 valence electrons. The van der Waals surface area contributed by atoms with Crippen LogP contribution in [0.4, 0.5) is 0 Å². The maximum atomic E-state index is 11.1. The third kappa shape index (κ3) is 3.83. The summed E-state index contributed by atoms with van der Waals surface area (Å²) in [6, 6.07) is 0. The molecule has 0 saturated heterocycles. The Kier molecular flexibility index (Phi) is 3.78. The van der Waals surface area contributed by atoms with Crippen molar-refractivity contribution in [3.63, 3.8) is 0 Å². The highest BCUT2D eigenvalue weighted by Crippen LogP contribution is 2.15. The maximum Gasteiger partial charge on any atom is 0.382 e. The van der Waals surface area contributed by atoms with Gasteiger partial charge in [-0.3, -0.25) is 9.59 Å². The van der Waals surface area contributed by atoms with E-state index < -0.39 is 23.1 Å². The summed E-state index contributed by atoms with van der Waals surface area (Å²) in [6.45, 7) is 6.36. The maximum absolute atomic E-state index is 11.1. The minimum Gasteiger partial charge on any atom is -0.387 e. The van der Waals surface area contributed by atoms with Crippen molar-refractivity contribution in [2.45, 2.75) is 34.1 Å². The monoisotopic (exact) mass is 186 g/mol. The Morgan fingerprint density at radius 1 is 1.15 bits per heavy atom. The van der Waals surface area contributed by atoms with Crippen molar-refractivity contribution in [1.82, 2.24) is 0 Å². The van der Waals surface area contributed by atoms with E-state index in [-0.39, 0.29) is 6.42 Å². The van der Waals surface area contributed by atoms with Crippen molar-refractivity contribution in [2.24, 2.45) is 5.41 Å². The first kappa shape index (κ1) is 11.8. The van der Waals surface area contributed by atoms with Crippen LogP contribution >= 0.6 is 0 Å². The Bertz CT molecular complexity index is 234. The van der Waals surface area contributed by atoms with E-state index in [0.29, 0.717) is 0 Å². The van der Waals surface area contributed by atoms with Crippen LogP contribution in [0.15, 0.2) is 0 Å². The third-order valence-electron chi connectivity index (χ3n) is 1.35. The van der Waals surface area contributed by atoms with Crippen molar-refractivity contribution in [2.75, 3.05) is 0 Å². The molecule has 0 radical (unpaired) electrons. The van der Waals surface area contributed by atoms with Crippen LogP contribution in [0.5, 0.6) is 0 Å². The quantitative estimate of drug-likeness (QED) is 0.368. The summed E-state index contributed by atoms with van der Waals surface area (Å²) in [7, 11) is 0. The number of carbonyl (C=O) groups excluding carboxylic acids is 3. The van der Waals surface area contributed by atoms with Gasteiger partial charge in [0.05, 0.1) is 5.41 Å². The lowest BCUT2D eigenvalue weighted by molar-refractivity contribution is -0.169. The summed E-state index contributed by atoms with van der Waals surface area (Å²) in [5.41, 5.74) is -0.760. The summed E-state index contributed by atoms with van der Waals surface area (Å²) in [6.07, 6.45) is 0.0518. The minimum atomic E-state index is -1.07. The number of carbonyl (C=O) groups is 3. The van der Waals surface area contributed by atoms with Crippen LogP contribution in [0, 0.1) is 5.41 Å². The number of ether oxygens (including phenoxy) is 1. The van der Waals surface area contributed by atoms with Crippen molar-refractivity contribution >= 4 is 17.7 Å². The highest BCUT2D eigenvalue weighted by molar-refractivity contribution is 6.35. The van der Waals surface area contributed by atoms with Gasteiger partial charge in [0.1, 0.15) is 0 Å². The Morgan fingerprint density at radius 2 is 1.62 bits per heavy atom. The predicted octanol–water partition coefficient (Wildman–Crippen LogP) is 1.08. The van der Waals surface area contributed by atoms with E-state index in [1.165, 1.54) is 6.92 Å². The molecule has 0 unspecified atom stereocenters. The predicted molar refractivity (Wildman–Crippen MR) is 45.9 cm³/mol. The van der Waals surface area contributed by atoms with E-state index in [2.05, 4.69) is 4.74 Å². The second-order valence-electron chi connectivity index (χ2n) is 3.70.